The molecule has 5 nitrogen and oxygen atoms in total. The van der Waals surface area contributed by atoms with Crippen molar-refractivity contribution in [2.45, 2.75) is 43.6 Å². The number of aryl methyl sites for hydroxylation is 1. The van der Waals surface area contributed by atoms with Crippen LogP contribution in [0.3, 0.4) is 0 Å². The summed E-state index contributed by atoms with van der Waals surface area (Å²) in [5, 5.41) is 8.35. The zero-order chi connectivity index (χ0) is 18.1. The van der Waals surface area contributed by atoms with Crippen molar-refractivity contribution in [1.29, 1.82) is 0 Å². The van der Waals surface area contributed by atoms with Crippen LogP contribution in [0.2, 0.25) is 5.02 Å². The van der Waals surface area contributed by atoms with Crippen molar-refractivity contribution in [2.75, 3.05) is 13.2 Å². The Hall–Kier alpha value is -1.85. The third-order valence-corrected chi connectivity index (χ3v) is 6.18. The second kappa shape index (κ2) is 7.05. The van der Waals surface area contributed by atoms with E-state index in [1.54, 1.807) is 0 Å². The molecule has 1 amide bonds. The lowest BCUT2D eigenvalue weighted by Crippen LogP contribution is -2.49. The van der Waals surface area contributed by atoms with E-state index in [4.69, 9.17) is 16.3 Å². The molecule has 0 saturated carbocycles. The molecule has 2 aliphatic rings. The summed E-state index contributed by atoms with van der Waals surface area (Å²) in [6.07, 6.45) is 6.21. The molecule has 2 aromatic rings. The first-order valence-corrected chi connectivity index (χ1v) is 9.64. The van der Waals surface area contributed by atoms with E-state index in [9.17, 15) is 4.79 Å². The first kappa shape index (κ1) is 17.6. The van der Waals surface area contributed by atoms with Crippen molar-refractivity contribution in [3.05, 3.63) is 52.3 Å². The topological polar surface area (TPSA) is 56.2 Å². The molecule has 1 atom stereocenters. The lowest BCUT2D eigenvalue weighted by Gasteiger charge is -2.38. The van der Waals surface area contributed by atoms with Crippen molar-refractivity contribution < 1.29 is 9.53 Å². The van der Waals surface area contributed by atoms with E-state index >= 15 is 0 Å². The molecule has 1 N–H and O–H groups in total. The van der Waals surface area contributed by atoms with Crippen LogP contribution >= 0.6 is 11.6 Å². The van der Waals surface area contributed by atoms with Gasteiger partial charge < -0.3 is 10.1 Å². The summed E-state index contributed by atoms with van der Waals surface area (Å²) in [5.41, 5.74) is 2.65. The highest BCUT2D eigenvalue weighted by atomic mass is 35.5. The number of carbonyl (C=O) groups is 1. The van der Waals surface area contributed by atoms with Crippen LogP contribution in [-0.2, 0) is 28.4 Å². The number of nitrogens with one attached hydrogen (secondary N) is 1. The average molecular weight is 374 g/mol. The van der Waals surface area contributed by atoms with Gasteiger partial charge in [-0.15, -0.1) is 0 Å². The fraction of sp³-hybridized carbons (Fsp3) is 0.500. The highest BCUT2D eigenvalue weighted by Gasteiger charge is 2.44. The fourth-order valence-electron chi connectivity index (χ4n) is 4.34. The van der Waals surface area contributed by atoms with Gasteiger partial charge in [-0.3, -0.25) is 9.48 Å². The maximum absolute atomic E-state index is 13.5. The largest absolute Gasteiger partial charge is 0.381 e. The molecule has 6 heteroatoms. The normalized spacial score (nSPS) is 21.8. The number of rotatable bonds is 3. The molecule has 1 aliphatic heterocycles. The Kier molecular flexibility index (Phi) is 4.76. The molecule has 2 heterocycles. The SMILES string of the molecule is Cn1ncc2c1CCCC2NC(=O)C1(c2ccccc2Cl)CCOCC1. The van der Waals surface area contributed by atoms with Crippen molar-refractivity contribution in [3.8, 4) is 0 Å². The molecule has 0 bridgehead atoms. The number of amides is 1. The molecule has 1 aromatic carbocycles. The first-order valence-electron chi connectivity index (χ1n) is 9.26. The Bertz CT molecular complexity index is 811. The Labute approximate surface area is 158 Å². The number of halogens is 1. The van der Waals surface area contributed by atoms with Crippen LogP contribution < -0.4 is 5.32 Å². The predicted octanol–water partition coefficient (Wildman–Crippen LogP) is 3.32. The number of hydrogen-bond donors (Lipinski definition) is 1. The maximum Gasteiger partial charge on any atom is 0.231 e. The van der Waals surface area contributed by atoms with Crippen molar-refractivity contribution >= 4 is 17.5 Å². The third kappa shape index (κ3) is 2.93. The number of ether oxygens (including phenoxy) is 1. The van der Waals surface area contributed by atoms with Gasteiger partial charge in [0.1, 0.15) is 0 Å². The van der Waals surface area contributed by atoms with E-state index in [2.05, 4.69) is 10.4 Å². The predicted molar refractivity (Wildman–Crippen MR) is 100 cm³/mol. The highest BCUT2D eigenvalue weighted by Crippen LogP contribution is 2.40. The quantitative estimate of drug-likeness (QED) is 0.897. The van der Waals surface area contributed by atoms with Crippen LogP contribution in [0.1, 0.15) is 48.5 Å². The van der Waals surface area contributed by atoms with Gasteiger partial charge in [-0.2, -0.15) is 5.10 Å². The van der Waals surface area contributed by atoms with Crippen molar-refractivity contribution in [1.82, 2.24) is 15.1 Å². The summed E-state index contributed by atoms with van der Waals surface area (Å²) in [6.45, 7) is 1.14. The van der Waals surface area contributed by atoms with E-state index < -0.39 is 5.41 Å². The van der Waals surface area contributed by atoms with Crippen LogP contribution in [-0.4, -0.2) is 28.9 Å². The van der Waals surface area contributed by atoms with Crippen LogP contribution in [0.5, 0.6) is 0 Å². The van der Waals surface area contributed by atoms with Crippen LogP contribution in [0.4, 0.5) is 0 Å². The first-order chi connectivity index (χ1) is 12.6. The molecule has 1 aliphatic carbocycles. The smallest absolute Gasteiger partial charge is 0.231 e. The second-order valence-electron chi connectivity index (χ2n) is 7.26. The van der Waals surface area contributed by atoms with Gasteiger partial charge in [0.2, 0.25) is 5.91 Å². The zero-order valence-corrected chi connectivity index (χ0v) is 15.8. The number of fused-ring (bicyclic) bond motifs is 1. The van der Waals surface area contributed by atoms with Crippen LogP contribution in [0.15, 0.2) is 30.5 Å². The lowest BCUT2D eigenvalue weighted by atomic mass is 9.73. The highest BCUT2D eigenvalue weighted by molar-refractivity contribution is 6.31. The number of carbonyl (C=O) groups excluding carboxylic acids is 1. The minimum Gasteiger partial charge on any atom is -0.381 e. The van der Waals surface area contributed by atoms with E-state index in [-0.39, 0.29) is 11.9 Å². The van der Waals surface area contributed by atoms with Crippen LogP contribution in [0.25, 0.3) is 0 Å². The van der Waals surface area contributed by atoms with E-state index in [0.29, 0.717) is 31.1 Å². The molecule has 0 radical (unpaired) electrons. The molecular weight excluding hydrogens is 350 g/mol. The minimum absolute atomic E-state index is 0.0159. The van der Waals surface area contributed by atoms with Gasteiger partial charge in [-0.05, 0) is 43.7 Å². The monoisotopic (exact) mass is 373 g/mol. The summed E-state index contributed by atoms with van der Waals surface area (Å²) in [5.74, 6) is 0.0515. The third-order valence-electron chi connectivity index (χ3n) is 5.85. The van der Waals surface area contributed by atoms with Gasteiger partial charge in [0.05, 0.1) is 17.7 Å². The average Bonchev–Trinajstić information content (AvgIpc) is 3.05. The van der Waals surface area contributed by atoms with E-state index in [1.165, 1.54) is 5.69 Å². The maximum atomic E-state index is 13.5. The minimum atomic E-state index is -0.629. The molecule has 138 valence electrons. The number of nitrogens with zero attached hydrogens (tertiary/aromatic N) is 2. The van der Waals surface area contributed by atoms with Gasteiger partial charge in [-0.25, -0.2) is 0 Å². The summed E-state index contributed by atoms with van der Waals surface area (Å²) in [7, 11) is 1.97. The molecular formula is C20H24ClN3O2. The Morgan fingerprint density at radius 1 is 1.35 bits per heavy atom. The second-order valence-corrected chi connectivity index (χ2v) is 7.67. The standard InChI is InChI=1S/C20H24ClN3O2/c1-24-18-8-4-7-17(14(18)13-22-24)23-19(25)20(9-11-26-12-10-20)15-5-2-3-6-16(15)21/h2-3,5-6,13,17H,4,7-12H2,1H3,(H,23,25). The molecule has 1 unspecified atom stereocenters. The summed E-state index contributed by atoms with van der Waals surface area (Å²) in [6, 6.07) is 7.71. The Balaban J connectivity index is 1.65. The molecule has 0 spiro atoms. The van der Waals surface area contributed by atoms with E-state index in [1.807, 2.05) is 42.2 Å². The number of aromatic nitrogens is 2. The molecule has 1 fully saturated rings. The van der Waals surface area contributed by atoms with Crippen molar-refractivity contribution in [2.24, 2.45) is 7.05 Å². The zero-order valence-electron chi connectivity index (χ0n) is 15.0. The van der Waals surface area contributed by atoms with Crippen LogP contribution in [0, 0.1) is 0 Å². The molecule has 26 heavy (non-hydrogen) atoms. The van der Waals surface area contributed by atoms with Gasteiger partial charge in [0.15, 0.2) is 0 Å². The molecule has 1 aromatic heterocycles. The van der Waals surface area contributed by atoms with Gasteiger partial charge in [-0.1, -0.05) is 29.8 Å². The molecule has 4 rings (SSSR count). The van der Waals surface area contributed by atoms with Crippen molar-refractivity contribution in [3.63, 3.8) is 0 Å². The summed E-state index contributed by atoms with van der Waals surface area (Å²) in [4.78, 5) is 13.5. The Morgan fingerprint density at radius 2 is 2.12 bits per heavy atom. The Morgan fingerprint density at radius 3 is 2.88 bits per heavy atom. The van der Waals surface area contributed by atoms with E-state index in [0.717, 1.165) is 30.4 Å². The van der Waals surface area contributed by atoms with Gasteiger partial charge in [0, 0.05) is 36.5 Å². The van der Waals surface area contributed by atoms with Gasteiger partial charge >= 0.3 is 0 Å². The molecule has 1 saturated heterocycles. The number of hydrogen-bond acceptors (Lipinski definition) is 3. The number of benzene rings is 1. The summed E-state index contributed by atoms with van der Waals surface area (Å²) >= 11 is 6.48. The summed E-state index contributed by atoms with van der Waals surface area (Å²) < 4.78 is 7.47. The fourth-order valence-corrected chi connectivity index (χ4v) is 4.66. The van der Waals surface area contributed by atoms with Gasteiger partial charge in [0.25, 0.3) is 0 Å². The lowest BCUT2D eigenvalue weighted by molar-refractivity contribution is -0.131.